The zero-order valence-corrected chi connectivity index (χ0v) is 14.4. The van der Waals surface area contributed by atoms with Gasteiger partial charge in [0.15, 0.2) is 0 Å². The van der Waals surface area contributed by atoms with Gasteiger partial charge in [0, 0.05) is 11.4 Å². The SMILES string of the molecule is Nc1ccc(OC(=O)C2CCC(C(=O)Oc3ccc(N)cc3)CC2)cc1. The van der Waals surface area contributed by atoms with Crippen molar-refractivity contribution >= 4 is 23.3 Å². The first-order chi connectivity index (χ1) is 12.5. The molecule has 26 heavy (non-hydrogen) atoms. The van der Waals surface area contributed by atoms with Crippen LogP contribution < -0.4 is 20.9 Å². The molecule has 2 aromatic carbocycles. The molecule has 0 heterocycles. The van der Waals surface area contributed by atoms with Gasteiger partial charge in [-0.05, 0) is 74.2 Å². The van der Waals surface area contributed by atoms with Crippen LogP contribution in [0.4, 0.5) is 11.4 Å². The van der Waals surface area contributed by atoms with E-state index < -0.39 is 0 Å². The van der Waals surface area contributed by atoms with Gasteiger partial charge in [0.1, 0.15) is 11.5 Å². The first-order valence-electron chi connectivity index (χ1n) is 8.66. The monoisotopic (exact) mass is 354 g/mol. The third-order valence-electron chi connectivity index (χ3n) is 4.59. The van der Waals surface area contributed by atoms with Crippen LogP contribution in [0, 0.1) is 11.8 Å². The largest absolute Gasteiger partial charge is 0.426 e. The Hall–Kier alpha value is -3.02. The Morgan fingerprint density at radius 1 is 0.654 bits per heavy atom. The van der Waals surface area contributed by atoms with E-state index in [4.69, 9.17) is 20.9 Å². The molecule has 0 unspecified atom stereocenters. The van der Waals surface area contributed by atoms with Crippen molar-refractivity contribution in [2.45, 2.75) is 25.7 Å². The molecule has 2 aromatic rings. The summed E-state index contributed by atoms with van der Waals surface area (Å²) in [6, 6.07) is 13.4. The van der Waals surface area contributed by atoms with Crippen molar-refractivity contribution in [3.63, 3.8) is 0 Å². The molecule has 1 aliphatic carbocycles. The summed E-state index contributed by atoms with van der Waals surface area (Å²) in [5, 5.41) is 0. The Kier molecular flexibility index (Phi) is 5.41. The Balaban J connectivity index is 1.48. The summed E-state index contributed by atoms with van der Waals surface area (Å²) in [5.74, 6) is 0.0321. The quantitative estimate of drug-likeness (QED) is 0.496. The van der Waals surface area contributed by atoms with Crippen molar-refractivity contribution in [1.29, 1.82) is 0 Å². The van der Waals surface area contributed by atoms with Crippen LogP contribution in [0.15, 0.2) is 48.5 Å². The molecule has 4 N–H and O–H groups in total. The standard InChI is InChI=1S/C20H22N2O4/c21-15-5-9-17(10-6-15)25-19(23)13-1-2-14(4-3-13)20(24)26-18-11-7-16(22)8-12-18/h5-14H,1-4,21-22H2. The first kappa shape index (κ1) is 17.8. The maximum atomic E-state index is 12.3. The highest BCUT2D eigenvalue weighted by molar-refractivity contribution is 5.78. The van der Waals surface area contributed by atoms with Gasteiger partial charge in [-0.1, -0.05) is 0 Å². The zero-order valence-electron chi connectivity index (χ0n) is 14.4. The van der Waals surface area contributed by atoms with E-state index in [0.29, 0.717) is 48.6 Å². The number of hydrogen-bond acceptors (Lipinski definition) is 6. The van der Waals surface area contributed by atoms with Crippen LogP contribution >= 0.6 is 0 Å². The van der Waals surface area contributed by atoms with E-state index in [1.54, 1.807) is 48.5 Å². The van der Waals surface area contributed by atoms with Crippen LogP contribution in [-0.4, -0.2) is 11.9 Å². The molecule has 1 saturated carbocycles. The first-order valence-corrected chi connectivity index (χ1v) is 8.66. The molecular formula is C20H22N2O4. The summed E-state index contributed by atoms with van der Waals surface area (Å²) in [5.41, 5.74) is 12.5. The third-order valence-corrected chi connectivity index (χ3v) is 4.59. The summed E-state index contributed by atoms with van der Waals surface area (Å²) in [7, 11) is 0. The topological polar surface area (TPSA) is 105 Å². The number of nitrogens with two attached hydrogens (primary N) is 2. The van der Waals surface area contributed by atoms with Crippen molar-refractivity contribution in [3.05, 3.63) is 48.5 Å². The molecule has 3 rings (SSSR count). The normalized spacial score (nSPS) is 19.5. The lowest BCUT2D eigenvalue weighted by atomic mass is 9.82. The van der Waals surface area contributed by atoms with E-state index in [0.717, 1.165) is 0 Å². The molecule has 6 nitrogen and oxygen atoms in total. The Morgan fingerprint density at radius 2 is 0.962 bits per heavy atom. The van der Waals surface area contributed by atoms with Crippen molar-refractivity contribution in [2.75, 3.05) is 11.5 Å². The van der Waals surface area contributed by atoms with E-state index in [1.165, 1.54) is 0 Å². The van der Waals surface area contributed by atoms with Gasteiger partial charge in [-0.3, -0.25) is 9.59 Å². The molecule has 0 amide bonds. The molecule has 0 spiro atoms. The fourth-order valence-corrected chi connectivity index (χ4v) is 3.04. The van der Waals surface area contributed by atoms with Crippen molar-refractivity contribution in [3.8, 4) is 11.5 Å². The van der Waals surface area contributed by atoms with Gasteiger partial charge in [0.25, 0.3) is 0 Å². The molecule has 136 valence electrons. The minimum atomic E-state index is -0.264. The smallest absolute Gasteiger partial charge is 0.314 e. The molecule has 0 aromatic heterocycles. The maximum Gasteiger partial charge on any atom is 0.314 e. The van der Waals surface area contributed by atoms with Gasteiger partial charge in [0.05, 0.1) is 11.8 Å². The molecule has 1 aliphatic rings. The Bertz CT molecular complexity index is 696. The van der Waals surface area contributed by atoms with Crippen molar-refractivity contribution in [2.24, 2.45) is 11.8 Å². The van der Waals surface area contributed by atoms with Crippen LogP contribution in [0.5, 0.6) is 11.5 Å². The molecule has 6 heteroatoms. The fraction of sp³-hybridized carbons (Fsp3) is 0.300. The molecule has 0 saturated heterocycles. The van der Waals surface area contributed by atoms with Gasteiger partial charge < -0.3 is 20.9 Å². The second kappa shape index (κ2) is 7.91. The number of carbonyl (C=O) groups excluding carboxylic acids is 2. The van der Waals surface area contributed by atoms with E-state index in [9.17, 15) is 9.59 Å². The van der Waals surface area contributed by atoms with Gasteiger partial charge in [-0.2, -0.15) is 0 Å². The van der Waals surface area contributed by atoms with Crippen molar-refractivity contribution < 1.29 is 19.1 Å². The molecule has 0 atom stereocenters. The summed E-state index contributed by atoms with van der Waals surface area (Å²) in [6.45, 7) is 0. The van der Waals surface area contributed by atoms with E-state index >= 15 is 0 Å². The lowest BCUT2D eigenvalue weighted by molar-refractivity contribution is -0.145. The second-order valence-corrected chi connectivity index (χ2v) is 6.53. The fourth-order valence-electron chi connectivity index (χ4n) is 3.04. The minimum Gasteiger partial charge on any atom is -0.426 e. The molecule has 0 bridgehead atoms. The number of esters is 2. The predicted octanol–water partition coefficient (Wildman–Crippen LogP) is 3.17. The predicted molar refractivity (Wildman–Crippen MR) is 98.4 cm³/mol. The average molecular weight is 354 g/mol. The second-order valence-electron chi connectivity index (χ2n) is 6.53. The highest BCUT2D eigenvalue weighted by Gasteiger charge is 2.32. The van der Waals surface area contributed by atoms with Gasteiger partial charge in [-0.25, -0.2) is 0 Å². The molecule has 1 fully saturated rings. The van der Waals surface area contributed by atoms with Crippen LogP contribution in [-0.2, 0) is 9.59 Å². The maximum absolute atomic E-state index is 12.3. The molecular weight excluding hydrogens is 332 g/mol. The number of hydrogen-bond donors (Lipinski definition) is 2. The van der Waals surface area contributed by atoms with Crippen molar-refractivity contribution in [1.82, 2.24) is 0 Å². The number of nitrogen functional groups attached to an aromatic ring is 2. The zero-order chi connectivity index (χ0) is 18.5. The minimum absolute atomic E-state index is 0.201. The van der Waals surface area contributed by atoms with Crippen LogP contribution in [0.2, 0.25) is 0 Å². The highest BCUT2D eigenvalue weighted by Crippen LogP contribution is 2.31. The summed E-state index contributed by atoms with van der Waals surface area (Å²) in [4.78, 5) is 24.5. The third kappa shape index (κ3) is 4.53. The van der Waals surface area contributed by atoms with Crippen LogP contribution in [0.3, 0.4) is 0 Å². The van der Waals surface area contributed by atoms with Crippen LogP contribution in [0.1, 0.15) is 25.7 Å². The van der Waals surface area contributed by atoms with E-state index in [2.05, 4.69) is 0 Å². The number of rotatable bonds is 4. The highest BCUT2D eigenvalue weighted by atomic mass is 16.5. The Morgan fingerprint density at radius 3 is 1.27 bits per heavy atom. The number of ether oxygens (including phenoxy) is 2. The lowest BCUT2D eigenvalue weighted by Gasteiger charge is -2.25. The number of benzene rings is 2. The Labute approximate surface area is 152 Å². The number of carbonyl (C=O) groups is 2. The van der Waals surface area contributed by atoms with Gasteiger partial charge >= 0.3 is 11.9 Å². The van der Waals surface area contributed by atoms with Gasteiger partial charge in [0.2, 0.25) is 0 Å². The number of anilines is 2. The molecule has 0 aliphatic heterocycles. The summed E-state index contributed by atoms with van der Waals surface area (Å²) >= 11 is 0. The van der Waals surface area contributed by atoms with Crippen LogP contribution in [0.25, 0.3) is 0 Å². The van der Waals surface area contributed by atoms with Gasteiger partial charge in [-0.15, -0.1) is 0 Å². The summed E-state index contributed by atoms with van der Waals surface area (Å²) < 4.78 is 10.8. The summed E-state index contributed by atoms with van der Waals surface area (Å²) in [6.07, 6.45) is 2.43. The van der Waals surface area contributed by atoms with E-state index in [-0.39, 0.29) is 23.8 Å². The lowest BCUT2D eigenvalue weighted by Crippen LogP contribution is -2.30. The molecule has 0 radical (unpaired) electrons. The van der Waals surface area contributed by atoms with E-state index in [1.807, 2.05) is 0 Å². The average Bonchev–Trinajstić information content (AvgIpc) is 2.65.